The van der Waals surface area contributed by atoms with Crippen molar-refractivity contribution >= 4 is 0 Å². The topological polar surface area (TPSA) is 84.5 Å². The predicted octanol–water partition coefficient (Wildman–Crippen LogP) is 1.22. The van der Waals surface area contributed by atoms with E-state index >= 15 is 0 Å². The Bertz CT molecular complexity index is 175. The molecule has 0 atom stereocenters. The van der Waals surface area contributed by atoms with Gasteiger partial charge in [0.1, 0.15) is 0 Å². The summed E-state index contributed by atoms with van der Waals surface area (Å²) in [4.78, 5) is 5.11. The Morgan fingerprint density at radius 3 is 1.14 bits per heavy atom. The molecule has 5 nitrogen and oxygen atoms in total. The Balaban J connectivity index is 3.88. The third kappa shape index (κ3) is 13.5. The Labute approximate surface area is 138 Å². The molecule has 0 bridgehead atoms. The zero-order valence-corrected chi connectivity index (χ0v) is 14.9. The molecule has 0 aromatic rings. The minimum Gasteiger partial charge on any atom is -0.330 e. The van der Waals surface area contributed by atoms with Gasteiger partial charge in [0.2, 0.25) is 0 Å². The van der Waals surface area contributed by atoms with Gasteiger partial charge >= 0.3 is 0 Å². The molecule has 6 N–H and O–H groups in total. The van der Waals surface area contributed by atoms with Crippen LogP contribution in [0.25, 0.3) is 0 Å². The van der Waals surface area contributed by atoms with Crippen LogP contribution in [0.1, 0.15) is 51.9 Å². The predicted molar refractivity (Wildman–Crippen MR) is 98.0 cm³/mol. The summed E-state index contributed by atoms with van der Waals surface area (Å²) in [5.74, 6) is 0. The van der Waals surface area contributed by atoms with Gasteiger partial charge in [0.25, 0.3) is 0 Å². The summed E-state index contributed by atoms with van der Waals surface area (Å²) in [6, 6.07) is 0. The molecule has 0 saturated carbocycles. The average Bonchev–Trinajstić information content (AvgIpc) is 2.54. The van der Waals surface area contributed by atoms with Crippen LogP contribution in [0.2, 0.25) is 0 Å². The number of nitrogens with zero attached hydrogens (tertiary/aromatic N) is 2. The molecule has 0 aliphatic carbocycles. The average molecular weight is 316 g/mol. The number of nitrogens with two attached hydrogens (primary N) is 3. The zero-order chi connectivity index (χ0) is 16.5. The van der Waals surface area contributed by atoms with Gasteiger partial charge in [-0.15, -0.1) is 0 Å². The first-order chi connectivity index (χ1) is 10.8. The van der Waals surface area contributed by atoms with Crippen molar-refractivity contribution in [2.45, 2.75) is 51.9 Å². The summed E-state index contributed by atoms with van der Waals surface area (Å²) < 4.78 is 0. The molecule has 0 radical (unpaired) electrons. The fourth-order valence-corrected chi connectivity index (χ4v) is 2.67. The van der Waals surface area contributed by atoms with Crippen LogP contribution in [0.15, 0.2) is 0 Å². The Kier molecular flexibility index (Phi) is 17.0. The summed E-state index contributed by atoms with van der Waals surface area (Å²) in [5, 5.41) is 0. The maximum Gasteiger partial charge on any atom is -0.000671 e. The SMILES string of the molecule is CCCCN(CCCN)CCCCN(CCCN)CCCN. The van der Waals surface area contributed by atoms with Crippen LogP contribution in [0.4, 0.5) is 0 Å². The van der Waals surface area contributed by atoms with Gasteiger partial charge in [-0.25, -0.2) is 0 Å². The van der Waals surface area contributed by atoms with E-state index in [0.29, 0.717) is 0 Å². The molecular weight excluding hydrogens is 274 g/mol. The van der Waals surface area contributed by atoms with Crippen LogP contribution >= 0.6 is 0 Å². The molecule has 0 unspecified atom stereocenters. The van der Waals surface area contributed by atoms with Crippen LogP contribution in [0.5, 0.6) is 0 Å². The number of hydrogen-bond donors (Lipinski definition) is 3. The summed E-state index contributed by atoms with van der Waals surface area (Å²) in [5.41, 5.74) is 16.9. The molecule has 0 saturated heterocycles. The van der Waals surface area contributed by atoms with E-state index in [0.717, 1.165) is 58.5 Å². The molecule has 0 aromatic heterocycles. The van der Waals surface area contributed by atoms with Crippen LogP contribution in [0.3, 0.4) is 0 Å². The highest BCUT2D eigenvalue weighted by Crippen LogP contribution is 2.03. The van der Waals surface area contributed by atoms with E-state index in [1.807, 2.05) is 0 Å². The van der Waals surface area contributed by atoms with Crippen molar-refractivity contribution in [3.63, 3.8) is 0 Å². The molecule has 0 heterocycles. The summed E-state index contributed by atoms with van der Waals surface area (Å²) in [6.07, 6.45) is 8.39. The van der Waals surface area contributed by atoms with Crippen molar-refractivity contribution in [1.29, 1.82) is 0 Å². The second-order valence-corrected chi connectivity index (χ2v) is 6.17. The van der Waals surface area contributed by atoms with Crippen molar-refractivity contribution in [3.05, 3.63) is 0 Å². The first-order valence-corrected chi connectivity index (χ1v) is 9.33. The first kappa shape index (κ1) is 21.8. The van der Waals surface area contributed by atoms with Gasteiger partial charge in [-0.1, -0.05) is 13.3 Å². The summed E-state index contributed by atoms with van der Waals surface area (Å²) >= 11 is 0. The molecule has 0 aliphatic rings. The quantitative estimate of drug-likeness (QED) is 0.351. The third-order valence-corrected chi connectivity index (χ3v) is 4.06. The van der Waals surface area contributed by atoms with Crippen LogP contribution < -0.4 is 17.2 Å². The van der Waals surface area contributed by atoms with E-state index < -0.39 is 0 Å². The van der Waals surface area contributed by atoms with Crippen molar-refractivity contribution in [3.8, 4) is 0 Å². The molecule has 0 fully saturated rings. The Morgan fingerprint density at radius 2 is 0.818 bits per heavy atom. The van der Waals surface area contributed by atoms with Gasteiger partial charge in [-0.3, -0.25) is 0 Å². The Morgan fingerprint density at radius 1 is 0.500 bits per heavy atom. The van der Waals surface area contributed by atoms with Crippen LogP contribution in [-0.4, -0.2) is 68.7 Å². The van der Waals surface area contributed by atoms with E-state index in [9.17, 15) is 0 Å². The minimum absolute atomic E-state index is 0.781. The molecule has 134 valence electrons. The molecule has 22 heavy (non-hydrogen) atoms. The number of unbranched alkanes of at least 4 members (excludes halogenated alkanes) is 2. The fourth-order valence-electron chi connectivity index (χ4n) is 2.67. The van der Waals surface area contributed by atoms with Crippen molar-refractivity contribution in [2.24, 2.45) is 17.2 Å². The molecule has 0 aromatic carbocycles. The van der Waals surface area contributed by atoms with Gasteiger partial charge in [-0.05, 0) is 97.4 Å². The molecular formula is C17H41N5. The van der Waals surface area contributed by atoms with Gasteiger partial charge in [-0.2, -0.15) is 0 Å². The highest BCUT2D eigenvalue weighted by molar-refractivity contribution is 4.63. The molecule has 0 amide bonds. The third-order valence-electron chi connectivity index (χ3n) is 4.06. The maximum absolute atomic E-state index is 5.64. The van der Waals surface area contributed by atoms with Gasteiger partial charge in [0.15, 0.2) is 0 Å². The summed E-state index contributed by atoms with van der Waals surface area (Å²) in [7, 11) is 0. The standard InChI is InChI=1S/C17H41N5/c1-2-3-12-21(15-6-9-18)13-4-5-14-22(16-7-10-19)17-8-11-20/h2-20H2,1H3. The van der Waals surface area contributed by atoms with Crippen molar-refractivity contribution in [1.82, 2.24) is 9.80 Å². The molecule has 0 rings (SSSR count). The zero-order valence-electron chi connectivity index (χ0n) is 14.9. The highest BCUT2D eigenvalue weighted by Gasteiger charge is 2.06. The maximum atomic E-state index is 5.64. The first-order valence-electron chi connectivity index (χ1n) is 9.33. The number of hydrogen-bond acceptors (Lipinski definition) is 5. The van der Waals surface area contributed by atoms with E-state index in [1.165, 1.54) is 45.3 Å². The van der Waals surface area contributed by atoms with Gasteiger partial charge < -0.3 is 27.0 Å². The van der Waals surface area contributed by atoms with E-state index in [4.69, 9.17) is 17.2 Å². The van der Waals surface area contributed by atoms with Crippen LogP contribution in [-0.2, 0) is 0 Å². The van der Waals surface area contributed by atoms with E-state index in [2.05, 4.69) is 16.7 Å². The Hall–Kier alpha value is -0.200. The highest BCUT2D eigenvalue weighted by atomic mass is 15.1. The normalized spacial score (nSPS) is 11.7. The minimum atomic E-state index is 0.781. The fraction of sp³-hybridized carbons (Fsp3) is 1.00. The van der Waals surface area contributed by atoms with Crippen molar-refractivity contribution in [2.75, 3.05) is 58.9 Å². The molecule has 5 heteroatoms. The lowest BCUT2D eigenvalue weighted by Crippen LogP contribution is -2.31. The lowest BCUT2D eigenvalue weighted by molar-refractivity contribution is 0.236. The van der Waals surface area contributed by atoms with Gasteiger partial charge in [0, 0.05) is 0 Å². The van der Waals surface area contributed by atoms with E-state index in [1.54, 1.807) is 0 Å². The second kappa shape index (κ2) is 17.2. The smallest absolute Gasteiger partial charge is 0.000671 e. The lowest BCUT2D eigenvalue weighted by atomic mass is 10.2. The monoisotopic (exact) mass is 315 g/mol. The largest absolute Gasteiger partial charge is 0.330 e. The lowest BCUT2D eigenvalue weighted by Gasteiger charge is -2.24. The second-order valence-electron chi connectivity index (χ2n) is 6.17. The summed E-state index contributed by atoms with van der Waals surface area (Å²) in [6.45, 7) is 11.6. The molecule has 0 aliphatic heterocycles. The molecule has 0 spiro atoms. The van der Waals surface area contributed by atoms with Crippen molar-refractivity contribution < 1.29 is 0 Å². The number of rotatable bonds is 17. The van der Waals surface area contributed by atoms with Gasteiger partial charge in [0.05, 0.1) is 0 Å². The van der Waals surface area contributed by atoms with Crippen LogP contribution in [0, 0.1) is 0 Å². The van der Waals surface area contributed by atoms with E-state index in [-0.39, 0.29) is 0 Å².